The molecule has 264 valence electrons. The normalized spacial score (nSPS) is 16.1. The van der Waals surface area contributed by atoms with Crippen molar-refractivity contribution in [2.45, 2.75) is 18.4 Å². The Kier molecular flexibility index (Phi) is 7.57. The molecule has 7 aromatic carbocycles. The molecule has 0 bridgehead atoms. The predicted octanol–water partition coefficient (Wildman–Crippen LogP) is 11.6. The Morgan fingerprint density at radius 3 is 1.86 bits per heavy atom. The van der Waals surface area contributed by atoms with E-state index < -0.39 is 0 Å². The molecule has 2 aromatic heterocycles. The van der Waals surface area contributed by atoms with Crippen molar-refractivity contribution in [3.63, 3.8) is 0 Å². The predicted molar refractivity (Wildman–Crippen MR) is 231 cm³/mol. The van der Waals surface area contributed by atoms with Crippen LogP contribution in [-0.4, -0.2) is 15.0 Å². The van der Waals surface area contributed by atoms with Crippen LogP contribution in [0.5, 0.6) is 0 Å². The van der Waals surface area contributed by atoms with Crippen LogP contribution < -0.4 is 5.32 Å². The molecule has 1 aliphatic carbocycles. The van der Waals surface area contributed by atoms with Crippen LogP contribution >= 0.6 is 0 Å². The van der Waals surface area contributed by atoms with Crippen LogP contribution in [0.3, 0.4) is 0 Å². The summed E-state index contributed by atoms with van der Waals surface area (Å²) in [5.41, 5.74) is 13.8. The Balaban J connectivity index is 0.961. The van der Waals surface area contributed by atoms with Gasteiger partial charge in [0, 0.05) is 39.0 Å². The van der Waals surface area contributed by atoms with Gasteiger partial charge in [-0.05, 0) is 83.1 Å². The second-order valence-electron chi connectivity index (χ2n) is 14.6. The van der Waals surface area contributed by atoms with Crippen molar-refractivity contribution in [1.29, 1.82) is 0 Å². The van der Waals surface area contributed by atoms with E-state index in [0.717, 1.165) is 40.5 Å². The van der Waals surface area contributed by atoms with E-state index in [0.29, 0.717) is 0 Å². The maximum absolute atomic E-state index is 5.06. The Bertz CT molecular complexity index is 3060. The highest BCUT2D eigenvalue weighted by atomic mass is 15.1. The molecule has 3 heterocycles. The molecule has 11 rings (SSSR count). The molecule has 1 N–H and O–H groups in total. The lowest BCUT2D eigenvalue weighted by atomic mass is 9.88. The lowest BCUT2D eigenvalue weighted by molar-refractivity contribution is 0.780. The Morgan fingerprint density at radius 1 is 0.518 bits per heavy atom. The molecule has 0 amide bonds. The van der Waals surface area contributed by atoms with Crippen LogP contribution in [0.2, 0.25) is 0 Å². The van der Waals surface area contributed by atoms with Crippen molar-refractivity contribution >= 4 is 44.2 Å². The first-order chi connectivity index (χ1) is 27.8. The zero-order chi connectivity index (χ0) is 37.0. The fraction of sp³-hybridized carbons (Fsp3) is 0.0577. The van der Waals surface area contributed by atoms with E-state index in [2.05, 4.69) is 202 Å². The lowest BCUT2D eigenvalue weighted by Gasteiger charge is -2.25. The van der Waals surface area contributed by atoms with E-state index >= 15 is 0 Å². The number of nitrogens with one attached hydrogen (secondary N) is 1. The van der Waals surface area contributed by atoms with E-state index in [-0.39, 0.29) is 12.0 Å². The molecule has 1 aliphatic heterocycles. The number of amidine groups is 1. The molecule has 9 aromatic rings. The van der Waals surface area contributed by atoms with E-state index in [4.69, 9.17) is 4.99 Å². The summed E-state index contributed by atoms with van der Waals surface area (Å²) in [4.78, 5) is 5.06. The van der Waals surface area contributed by atoms with Gasteiger partial charge in [-0.15, -0.1) is 0 Å². The Hall–Kier alpha value is -7.35. The summed E-state index contributed by atoms with van der Waals surface area (Å²) in [7, 11) is 0. The molecule has 2 aliphatic rings. The molecule has 0 fully saturated rings. The zero-order valence-electron chi connectivity index (χ0n) is 30.6. The molecule has 4 nitrogen and oxygen atoms in total. The third-order valence-electron chi connectivity index (χ3n) is 11.3. The number of hydrogen-bond donors (Lipinski definition) is 1. The smallest absolute Gasteiger partial charge is 0.134 e. The summed E-state index contributed by atoms with van der Waals surface area (Å²) in [6.45, 7) is 0. The van der Waals surface area contributed by atoms with E-state index in [9.17, 15) is 0 Å². The molecule has 0 saturated heterocycles. The largest absolute Gasteiger partial charge is 0.359 e. The highest BCUT2D eigenvalue weighted by molar-refractivity contribution is 6.09. The first-order valence-corrected chi connectivity index (χ1v) is 19.3. The van der Waals surface area contributed by atoms with Crippen molar-refractivity contribution in [3.8, 4) is 23.2 Å². The van der Waals surface area contributed by atoms with Gasteiger partial charge in [-0.25, -0.2) is 4.99 Å². The molecule has 56 heavy (non-hydrogen) atoms. The second-order valence-corrected chi connectivity index (χ2v) is 14.6. The SMILES string of the molecule is C1#CC(c2ccc3c4ccccc4n(-c4ccccc4)c3c2)Cc2c1n(-c1ccc(C3C=C(c4ccccc4)N=C(c4ccccc4)N3)cc1)c1ccccc21. The summed E-state index contributed by atoms with van der Waals surface area (Å²) in [5.74, 6) is 8.35. The Morgan fingerprint density at radius 2 is 1.11 bits per heavy atom. The minimum Gasteiger partial charge on any atom is -0.359 e. The van der Waals surface area contributed by atoms with Crippen LogP contribution in [0.4, 0.5) is 0 Å². The number of hydrogen-bond acceptors (Lipinski definition) is 2. The van der Waals surface area contributed by atoms with Crippen LogP contribution in [-0.2, 0) is 6.42 Å². The number of aliphatic imine (C=N–C) groups is 1. The maximum Gasteiger partial charge on any atom is 0.134 e. The van der Waals surface area contributed by atoms with Gasteiger partial charge in [0.2, 0.25) is 0 Å². The zero-order valence-corrected chi connectivity index (χ0v) is 30.6. The number of rotatable bonds is 6. The summed E-state index contributed by atoms with van der Waals surface area (Å²) < 4.78 is 4.74. The molecule has 2 atom stereocenters. The van der Waals surface area contributed by atoms with E-state index in [1.54, 1.807) is 0 Å². The monoisotopic (exact) mass is 716 g/mol. The molecule has 0 radical (unpaired) electrons. The third-order valence-corrected chi connectivity index (χ3v) is 11.3. The van der Waals surface area contributed by atoms with Crippen molar-refractivity contribution in [2.24, 2.45) is 4.99 Å². The number of aromatic nitrogens is 2. The van der Waals surface area contributed by atoms with Gasteiger partial charge in [-0.3, -0.25) is 0 Å². The number of nitrogens with zero attached hydrogens (tertiary/aromatic N) is 3. The minimum absolute atomic E-state index is 0.0410. The van der Waals surface area contributed by atoms with Gasteiger partial charge in [0.1, 0.15) is 11.5 Å². The topological polar surface area (TPSA) is 34.2 Å². The molecule has 0 saturated carbocycles. The van der Waals surface area contributed by atoms with E-state index in [1.165, 1.54) is 55.1 Å². The van der Waals surface area contributed by atoms with Crippen LogP contribution in [0.15, 0.2) is 193 Å². The molecule has 2 unspecified atom stereocenters. The van der Waals surface area contributed by atoms with Crippen LogP contribution in [0.1, 0.15) is 45.5 Å². The molecule has 0 spiro atoms. The number of benzene rings is 7. The first-order valence-electron chi connectivity index (χ1n) is 19.3. The molecular weight excluding hydrogens is 681 g/mol. The highest BCUT2D eigenvalue weighted by Gasteiger charge is 2.25. The second kappa shape index (κ2) is 13.2. The first kappa shape index (κ1) is 32.1. The Labute approximate surface area is 325 Å². The average molecular weight is 717 g/mol. The van der Waals surface area contributed by atoms with Crippen molar-refractivity contribution in [2.75, 3.05) is 0 Å². The third kappa shape index (κ3) is 5.36. The maximum atomic E-state index is 5.06. The minimum atomic E-state index is -0.0410. The van der Waals surface area contributed by atoms with Gasteiger partial charge in [0.15, 0.2) is 0 Å². The van der Waals surface area contributed by atoms with Crippen LogP contribution in [0, 0.1) is 11.8 Å². The van der Waals surface area contributed by atoms with Crippen molar-refractivity contribution in [3.05, 3.63) is 222 Å². The van der Waals surface area contributed by atoms with Gasteiger partial charge in [0.25, 0.3) is 0 Å². The van der Waals surface area contributed by atoms with Gasteiger partial charge >= 0.3 is 0 Å². The summed E-state index contributed by atoms with van der Waals surface area (Å²) >= 11 is 0. The highest BCUT2D eigenvalue weighted by Crippen LogP contribution is 2.39. The van der Waals surface area contributed by atoms with Gasteiger partial charge < -0.3 is 14.5 Å². The number of fused-ring (bicyclic) bond motifs is 6. The van der Waals surface area contributed by atoms with Gasteiger partial charge in [-0.2, -0.15) is 0 Å². The summed E-state index contributed by atoms with van der Waals surface area (Å²) in [6.07, 6.45) is 3.08. The lowest BCUT2D eigenvalue weighted by Crippen LogP contribution is -2.31. The molecule has 4 heteroatoms. The van der Waals surface area contributed by atoms with Crippen molar-refractivity contribution in [1.82, 2.24) is 14.5 Å². The van der Waals surface area contributed by atoms with Gasteiger partial charge in [0.05, 0.1) is 28.3 Å². The fourth-order valence-electron chi connectivity index (χ4n) is 8.65. The summed E-state index contributed by atoms with van der Waals surface area (Å²) in [6, 6.07) is 64.8. The van der Waals surface area contributed by atoms with Crippen LogP contribution in [0.25, 0.3) is 49.8 Å². The van der Waals surface area contributed by atoms with E-state index in [1.807, 2.05) is 12.1 Å². The number of para-hydroxylation sites is 3. The quantitative estimate of drug-likeness (QED) is 0.171. The molecular formula is C52H36N4. The standard InChI is InChI=1S/C52H36N4/c1-4-14-35(15-5-1)46-34-47(54-52(53-46)37-16-6-2-7-17-37)36-24-28-41(29-25-36)55-49-23-13-11-21-43(49)45-32-38(27-31-50(45)55)39-26-30-44-42-20-10-12-22-48(42)56(51(44)33-39)40-18-8-3-9-19-40/h1-26,28-30,33-34,38,47H,32H2,(H,53,54). The van der Waals surface area contributed by atoms with Gasteiger partial charge in [-0.1, -0.05) is 145 Å². The summed E-state index contributed by atoms with van der Waals surface area (Å²) in [5, 5.41) is 7.50. The van der Waals surface area contributed by atoms with Crippen molar-refractivity contribution < 1.29 is 0 Å². The average Bonchev–Trinajstić information content (AvgIpc) is 3.79. The fourth-order valence-corrected chi connectivity index (χ4v) is 8.65.